The van der Waals surface area contributed by atoms with Gasteiger partial charge in [0.25, 0.3) is 0 Å². The van der Waals surface area contributed by atoms with Crippen LogP contribution in [0.1, 0.15) is 142 Å². The Labute approximate surface area is 353 Å². The molecule has 0 aliphatic carbocycles. The summed E-state index contributed by atoms with van der Waals surface area (Å²) in [6, 6.07) is 0. The smallest absolute Gasteiger partial charge is 0.462 e. The van der Waals surface area contributed by atoms with Crippen molar-refractivity contribution < 1.29 is 42.1 Å². The molecular weight excluding hydrogens is 750 g/mol. The van der Waals surface area contributed by atoms with Gasteiger partial charge in [-0.05, 0) is 77.0 Å². The standard InChI is InChI=1S/C48H80NO8P/c1-6-8-10-12-13-14-15-16-17-18-19-20-21-22-23-24-25-26-27-28-29-30-31-32-33-34-35-37-39-41-48(51)57-46(44-54-47(50)40-38-36-11-9-7-2)45-56-58(52,53)55-43-42-49(3,4)5/h8,10,13-14,16-17,19-20,22-23,25-26,28-29,31-32,46H,6-7,9,11-12,15,18,21,24,27,30,33-45H2,1-5H3/p+1/b10-8-,14-13-,17-16-,20-19-,23-22-,26-25-,29-28-,32-31-. The second-order valence-electron chi connectivity index (χ2n) is 15.4. The van der Waals surface area contributed by atoms with Gasteiger partial charge in [-0.1, -0.05) is 150 Å². The molecule has 0 rings (SSSR count). The minimum Gasteiger partial charge on any atom is -0.462 e. The highest BCUT2D eigenvalue weighted by molar-refractivity contribution is 7.47. The molecular formula is C48H81NO8P+. The van der Waals surface area contributed by atoms with E-state index in [0.29, 0.717) is 17.4 Å². The van der Waals surface area contributed by atoms with Crippen LogP contribution >= 0.6 is 7.82 Å². The topological polar surface area (TPSA) is 108 Å². The van der Waals surface area contributed by atoms with Crippen molar-refractivity contribution >= 4 is 19.8 Å². The van der Waals surface area contributed by atoms with E-state index >= 15 is 0 Å². The van der Waals surface area contributed by atoms with Crippen molar-refractivity contribution in [1.82, 2.24) is 0 Å². The Morgan fingerprint density at radius 1 is 0.552 bits per heavy atom. The molecule has 0 bridgehead atoms. The molecule has 0 aromatic heterocycles. The first-order chi connectivity index (χ1) is 28.0. The zero-order valence-corrected chi connectivity index (χ0v) is 37.9. The quantitative estimate of drug-likeness (QED) is 0.0215. The van der Waals surface area contributed by atoms with Crippen molar-refractivity contribution in [3.05, 3.63) is 97.2 Å². The molecule has 0 radical (unpaired) electrons. The third-order valence-electron chi connectivity index (χ3n) is 8.63. The molecule has 2 atom stereocenters. The van der Waals surface area contributed by atoms with Gasteiger partial charge >= 0.3 is 19.8 Å². The number of ether oxygens (including phenoxy) is 2. The van der Waals surface area contributed by atoms with Gasteiger partial charge < -0.3 is 18.9 Å². The summed E-state index contributed by atoms with van der Waals surface area (Å²) in [6.45, 7) is 4.14. The highest BCUT2D eigenvalue weighted by Crippen LogP contribution is 2.43. The van der Waals surface area contributed by atoms with E-state index in [-0.39, 0.29) is 26.1 Å². The number of phosphoric ester groups is 1. The van der Waals surface area contributed by atoms with Crippen molar-refractivity contribution in [1.29, 1.82) is 0 Å². The number of quaternary nitrogens is 1. The van der Waals surface area contributed by atoms with Crippen molar-refractivity contribution in [3.8, 4) is 0 Å². The molecule has 0 saturated heterocycles. The fraction of sp³-hybridized carbons (Fsp3) is 0.625. The van der Waals surface area contributed by atoms with Crippen LogP contribution in [0.3, 0.4) is 0 Å². The van der Waals surface area contributed by atoms with E-state index in [9.17, 15) is 19.0 Å². The van der Waals surface area contributed by atoms with Gasteiger partial charge in [-0.2, -0.15) is 0 Å². The fourth-order valence-corrected chi connectivity index (χ4v) is 5.94. The lowest BCUT2D eigenvalue weighted by Gasteiger charge is -2.24. The molecule has 0 aromatic rings. The SMILES string of the molecule is CC/C=C\C/C=C\C/C=C\C/C=C\C/C=C\C/C=C\C/C=C\C/C=C\CCCCCCC(=O)OC(COC(=O)CCCCCCC)COP(=O)(O)OCC[N+](C)(C)C. The molecule has 0 amide bonds. The molecule has 0 heterocycles. The number of esters is 2. The summed E-state index contributed by atoms with van der Waals surface area (Å²) >= 11 is 0. The second kappa shape index (κ2) is 39.4. The molecule has 10 heteroatoms. The van der Waals surface area contributed by atoms with Gasteiger partial charge in [0.1, 0.15) is 19.8 Å². The number of likely N-dealkylation sites (N-methyl/N-ethyl adjacent to an activating group) is 1. The van der Waals surface area contributed by atoms with Crippen LogP contribution in [0.5, 0.6) is 0 Å². The van der Waals surface area contributed by atoms with E-state index < -0.39 is 32.5 Å². The van der Waals surface area contributed by atoms with Gasteiger partial charge in [-0.25, -0.2) is 4.57 Å². The lowest BCUT2D eigenvalue weighted by molar-refractivity contribution is -0.870. The monoisotopic (exact) mass is 831 g/mol. The fourth-order valence-electron chi connectivity index (χ4n) is 5.20. The highest BCUT2D eigenvalue weighted by atomic mass is 31.2. The van der Waals surface area contributed by atoms with Crippen LogP contribution in [0.15, 0.2) is 97.2 Å². The Bertz CT molecular complexity index is 1300. The predicted octanol–water partition coefficient (Wildman–Crippen LogP) is 12.6. The van der Waals surface area contributed by atoms with Crippen LogP contribution < -0.4 is 0 Å². The van der Waals surface area contributed by atoms with E-state index in [1.807, 2.05) is 21.1 Å². The number of carbonyl (C=O) groups is 2. The van der Waals surface area contributed by atoms with Crippen molar-refractivity contribution in [3.63, 3.8) is 0 Å². The molecule has 0 spiro atoms. The molecule has 0 fully saturated rings. The van der Waals surface area contributed by atoms with Gasteiger partial charge in [-0.15, -0.1) is 0 Å². The number of phosphoric acid groups is 1. The van der Waals surface area contributed by atoms with E-state index in [2.05, 4.69) is 111 Å². The number of unbranched alkanes of at least 4 members (excludes halogenated alkanes) is 8. The molecule has 0 aliphatic rings. The molecule has 0 saturated carbocycles. The number of hydrogen-bond acceptors (Lipinski definition) is 7. The van der Waals surface area contributed by atoms with E-state index in [1.54, 1.807) is 0 Å². The van der Waals surface area contributed by atoms with Gasteiger partial charge in [0.2, 0.25) is 0 Å². The number of carbonyl (C=O) groups excluding carboxylic acids is 2. The summed E-state index contributed by atoms with van der Waals surface area (Å²) in [4.78, 5) is 35.0. The number of hydrogen-bond donors (Lipinski definition) is 1. The maximum atomic E-state index is 12.6. The first-order valence-corrected chi connectivity index (χ1v) is 23.5. The highest BCUT2D eigenvalue weighted by Gasteiger charge is 2.27. The first kappa shape index (κ1) is 54.9. The Balaban J connectivity index is 4.21. The van der Waals surface area contributed by atoms with Crippen molar-refractivity contribution in [2.75, 3.05) is 47.5 Å². The summed E-state index contributed by atoms with van der Waals surface area (Å²) in [5.41, 5.74) is 0. The zero-order valence-electron chi connectivity index (χ0n) is 37.0. The molecule has 2 unspecified atom stereocenters. The maximum Gasteiger partial charge on any atom is 0.472 e. The molecule has 1 N–H and O–H groups in total. The molecule has 0 aromatic carbocycles. The normalized spacial score (nSPS) is 14.5. The van der Waals surface area contributed by atoms with Crippen LogP contribution in [0.4, 0.5) is 0 Å². The lowest BCUT2D eigenvalue weighted by atomic mass is 10.1. The molecule has 0 aliphatic heterocycles. The lowest BCUT2D eigenvalue weighted by Crippen LogP contribution is -2.37. The van der Waals surface area contributed by atoms with Crippen LogP contribution in [-0.2, 0) is 32.7 Å². The molecule has 58 heavy (non-hydrogen) atoms. The summed E-state index contributed by atoms with van der Waals surface area (Å²) in [5, 5.41) is 0. The Morgan fingerprint density at radius 3 is 1.45 bits per heavy atom. The van der Waals surface area contributed by atoms with Crippen molar-refractivity contribution in [2.24, 2.45) is 0 Å². The Kier molecular flexibility index (Phi) is 37.3. The zero-order chi connectivity index (χ0) is 42.8. The van der Waals surface area contributed by atoms with Crippen LogP contribution in [0.2, 0.25) is 0 Å². The molecule has 9 nitrogen and oxygen atoms in total. The molecule has 330 valence electrons. The van der Waals surface area contributed by atoms with E-state index in [0.717, 1.165) is 109 Å². The van der Waals surface area contributed by atoms with E-state index in [1.165, 1.54) is 0 Å². The van der Waals surface area contributed by atoms with Crippen molar-refractivity contribution in [2.45, 2.75) is 148 Å². The third kappa shape index (κ3) is 42.5. The van der Waals surface area contributed by atoms with Crippen LogP contribution in [0.25, 0.3) is 0 Å². The van der Waals surface area contributed by atoms with Gasteiger partial charge in [0.05, 0.1) is 27.7 Å². The summed E-state index contributed by atoms with van der Waals surface area (Å²) in [7, 11) is 1.44. The number of rotatable bonds is 38. The van der Waals surface area contributed by atoms with Gasteiger partial charge in [0.15, 0.2) is 6.10 Å². The minimum atomic E-state index is -4.38. The van der Waals surface area contributed by atoms with Gasteiger partial charge in [0, 0.05) is 12.8 Å². The summed E-state index contributed by atoms with van der Waals surface area (Å²) < 4.78 is 34.0. The average molecular weight is 831 g/mol. The first-order valence-electron chi connectivity index (χ1n) is 22.0. The van der Waals surface area contributed by atoms with Gasteiger partial charge in [-0.3, -0.25) is 18.6 Å². The van der Waals surface area contributed by atoms with E-state index in [4.69, 9.17) is 18.5 Å². The largest absolute Gasteiger partial charge is 0.472 e. The minimum absolute atomic E-state index is 0.0211. The summed E-state index contributed by atoms with van der Waals surface area (Å²) in [5.74, 6) is -0.853. The number of nitrogens with zero attached hydrogens (tertiary/aromatic N) is 1. The second-order valence-corrected chi connectivity index (χ2v) is 16.8. The maximum absolute atomic E-state index is 12.6. The predicted molar refractivity (Wildman–Crippen MR) is 242 cm³/mol. The average Bonchev–Trinajstić information content (AvgIpc) is 3.17. The third-order valence-corrected chi connectivity index (χ3v) is 9.61. The Hall–Kier alpha value is -3.07. The van der Waals surface area contributed by atoms with Crippen LogP contribution in [-0.4, -0.2) is 74.9 Å². The Morgan fingerprint density at radius 2 is 0.983 bits per heavy atom. The van der Waals surface area contributed by atoms with Crippen LogP contribution in [0, 0.1) is 0 Å². The summed E-state index contributed by atoms with van der Waals surface area (Å²) in [6.07, 6.45) is 52.2. The number of allylic oxidation sites excluding steroid dienone is 16.